The summed E-state index contributed by atoms with van der Waals surface area (Å²) >= 11 is 0. The fourth-order valence-corrected chi connectivity index (χ4v) is 7.37. The summed E-state index contributed by atoms with van der Waals surface area (Å²) in [5.41, 5.74) is 1.91. The zero-order valence-electron chi connectivity index (χ0n) is 18.7. The highest BCUT2D eigenvalue weighted by atomic mass is 16.2. The molecule has 0 spiro atoms. The number of nitrogens with one attached hydrogen (secondary N) is 2. The number of imidazole rings is 1. The largest absolute Gasteiger partial charge is 0.350 e. The van der Waals surface area contributed by atoms with Gasteiger partial charge in [-0.15, -0.1) is 0 Å². The Morgan fingerprint density at radius 2 is 1.81 bits per heavy atom. The van der Waals surface area contributed by atoms with Gasteiger partial charge >= 0.3 is 0 Å². The van der Waals surface area contributed by atoms with Gasteiger partial charge in [-0.25, -0.2) is 4.98 Å². The number of fused-ring (bicyclic) bond motifs is 1. The van der Waals surface area contributed by atoms with E-state index in [9.17, 15) is 9.59 Å². The van der Waals surface area contributed by atoms with Crippen LogP contribution in [0.2, 0.25) is 0 Å². The van der Waals surface area contributed by atoms with Crippen molar-refractivity contribution in [2.45, 2.75) is 44.9 Å². The molecule has 1 saturated heterocycles. The lowest BCUT2D eigenvalue weighted by Gasteiger charge is -2.56. The van der Waals surface area contributed by atoms with Crippen molar-refractivity contribution in [3.8, 4) is 0 Å². The lowest BCUT2D eigenvalue weighted by Crippen LogP contribution is -2.51. The smallest absolute Gasteiger partial charge is 0.274 e. The molecule has 1 aliphatic heterocycles. The van der Waals surface area contributed by atoms with Gasteiger partial charge in [0.1, 0.15) is 17.0 Å². The molecule has 4 aliphatic carbocycles. The monoisotopic (exact) mass is 435 g/mol. The second-order valence-electron chi connectivity index (χ2n) is 10.8. The number of amides is 2. The molecule has 5 aliphatic rings. The molecule has 170 valence electrons. The Bertz CT molecular complexity index is 1000. The minimum Gasteiger partial charge on any atom is -0.350 e. The number of hydrogen-bond donors (Lipinski definition) is 2. The van der Waals surface area contributed by atoms with E-state index in [2.05, 4.69) is 15.6 Å². The highest BCUT2D eigenvalue weighted by Gasteiger charge is 2.50. The van der Waals surface area contributed by atoms with Crippen molar-refractivity contribution >= 4 is 17.5 Å². The van der Waals surface area contributed by atoms with Gasteiger partial charge in [-0.2, -0.15) is 0 Å². The summed E-state index contributed by atoms with van der Waals surface area (Å²) in [4.78, 5) is 32.6. The molecule has 32 heavy (non-hydrogen) atoms. The van der Waals surface area contributed by atoms with Gasteiger partial charge < -0.3 is 15.5 Å². The normalized spacial score (nSPS) is 31.6. The molecule has 7 heteroatoms. The first-order chi connectivity index (χ1) is 15.6. The Kier molecular flexibility index (Phi) is 4.97. The Labute approximate surface area is 188 Å². The number of nitrogens with zero attached hydrogens (tertiary/aromatic N) is 3. The molecular formula is C25H33N5O2. The molecule has 3 heterocycles. The van der Waals surface area contributed by atoms with Gasteiger partial charge in [0.25, 0.3) is 11.8 Å². The van der Waals surface area contributed by atoms with E-state index in [1.54, 1.807) is 10.6 Å². The van der Waals surface area contributed by atoms with E-state index in [-0.39, 0.29) is 11.8 Å². The second kappa shape index (κ2) is 7.87. The molecule has 2 N–H and O–H groups in total. The average Bonchev–Trinajstić information content (AvgIpc) is 3.03. The molecule has 4 bridgehead atoms. The maximum absolute atomic E-state index is 13.2. The SMILES string of the molecule is O=C(NCC12CC3CC(CC(C3)C1)C2)c1cccc2nc(C(=O)N3CCCNCC3)cn12. The van der Waals surface area contributed by atoms with Gasteiger partial charge in [-0.1, -0.05) is 6.07 Å². The molecule has 7 nitrogen and oxygen atoms in total. The van der Waals surface area contributed by atoms with E-state index >= 15 is 0 Å². The number of carbonyl (C=O) groups is 2. The maximum Gasteiger partial charge on any atom is 0.274 e. The van der Waals surface area contributed by atoms with E-state index in [1.807, 2.05) is 23.1 Å². The van der Waals surface area contributed by atoms with Crippen LogP contribution in [0.1, 0.15) is 65.9 Å². The Balaban J connectivity index is 1.19. The van der Waals surface area contributed by atoms with Gasteiger partial charge in [0.15, 0.2) is 0 Å². The quantitative estimate of drug-likeness (QED) is 0.774. The molecule has 7 rings (SSSR count). The van der Waals surface area contributed by atoms with Crippen molar-refractivity contribution in [1.82, 2.24) is 24.9 Å². The molecule has 2 amide bonds. The molecule has 0 unspecified atom stereocenters. The third-order valence-electron chi connectivity index (χ3n) is 8.36. The fourth-order valence-electron chi connectivity index (χ4n) is 7.37. The number of hydrogen-bond acceptors (Lipinski definition) is 4. The van der Waals surface area contributed by atoms with Gasteiger partial charge in [-0.3, -0.25) is 14.0 Å². The first-order valence-electron chi connectivity index (χ1n) is 12.3. The van der Waals surface area contributed by atoms with Crippen LogP contribution in [-0.2, 0) is 0 Å². The van der Waals surface area contributed by atoms with Crippen LogP contribution in [0.4, 0.5) is 0 Å². The van der Waals surface area contributed by atoms with Gasteiger partial charge in [0.05, 0.1) is 0 Å². The predicted molar refractivity (Wildman–Crippen MR) is 122 cm³/mol. The first-order valence-corrected chi connectivity index (χ1v) is 12.3. The average molecular weight is 436 g/mol. The Morgan fingerprint density at radius 3 is 2.56 bits per heavy atom. The summed E-state index contributed by atoms with van der Waals surface area (Å²) in [5.74, 6) is 2.49. The van der Waals surface area contributed by atoms with Crippen molar-refractivity contribution in [3.05, 3.63) is 35.8 Å². The van der Waals surface area contributed by atoms with Crippen LogP contribution >= 0.6 is 0 Å². The summed E-state index contributed by atoms with van der Waals surface area (Å²) in [7, 11) is 0. The van der Waals surface area contributed by atoms with Crippen LogP contribution < -0.4 is 10.6 Å². The summed E-state index contributed by atoms with van der Waals surface area (Å²) in [6.07, 6.45) is 10.7. The Hall–Kier alpha value is -2.41. The maximum atomic E-state index is 13.2. The van der Waals surface area contributed by atoms with Crippen LogP contribution in [0.5, 0.6) is 0 Å². The summed E-state index contributed by atoms with van der Waals surface area (Å²) in [6.45, 7) is 3.93. The van der Waals surface area contributed by atoms with E-state index in [0.717, 1.165) is 50.4 Å². The molecular weight excluding hydrogens is 402 g/mol. The van der Waals surface area contributed by atoms with Crippen molar-refractivity contribution in [3.63, 3.8) is 0 Å². The number of pyridine rings is 1. The standard InChI is InChI=1S/C25H33N5O2/c31-23(27-16-25-12-17-9-18(13-25)11-19(10-17)14-25)21-3-1-4-22-28-20(15-30(21)22)24(32)29-7-2-5-26-6-8-29/h1,3-4,15,17-19,26H,2,5-14,16H2,(H,27,31). The zero-order valence-corrected chi connectivity index (χ0v) is 18.7. The summed E-state index contributed by atoms with van der Waals surface area (Å²) < 4.78 is 1.78. The van der Waals surface area contributed by atoms with Crippen LogP contribution in [0, 0.1) is 23.2 Å². The molecule has 0 aromatic carbocycles. The fraction of sp³-hybridized carbons (Fsp3) is 0.640. The predicted octanol–water partition coefficient (Wildman–Crippen LogP) is 2.72. The third kappa shape index (κ3) is 3.60. The third-order valence-corrected chi connectivity index (χ3v) is 8.36. The molecule has 2 aromatic rings. The molecule has 2 aromatic heterocycles. The second-order valence-corrected chi connectivity index (χ2v) is 10.8. The van der Waals surface area contributed by atoms with Gasteiger partial charge in [-0.05, 0) is 86.8 Å². The minimum absolute atomic E-state index is 0.0580. The number of rotatable bonds is 4. The summed E-state index contributed by atoms with van der Waals surface area (Å²) in [6, 6.07) is 5.54. The van der Waals surface area contributed by atoms with Crippen LogP contribution in [0.25, 0.3) is 5.65 Å². The topological polar surface area (TPSA) is 78.7 Å². The van der Waals surface area contributed by atoms with Crippen molar-refractivity contribution in [1.29, 1.82) is 0 Å². The highest BCUT2D eigenvalue weighted by Crippen LogP contribution is 2.59. The molecule has 4 saturated carbocycles. The highest BCUT2D eigenvalue weighted by molar-refractivity contribution is 5.95. The molecule has 0 radical (unpaired) electrons. The molecule has 5 fully saturated rings. The lowest BCUT2D eigenvalue weighted by atomic mass is 9.49. The summed E-state index contributed by atoms with van der Waals surface area (Å²) in [5, 5.41) is 6.59. The first kappa shape index (κ1) is 20.2. The van der Waals surface area contributed by atoms with E-state index in [0.29, 0.717) is 29.0 Å². The number of aromatic nitrogens is 2. The van der Waals surface area contributed by atoms with Crippen LogP contribution in [0.15, 0.2) is 24.4 Å². The lowest BCUT2D eigenvalue weighted by molar-refractivity contribution is -0.0503. The van der Waals surface area contributed by atoms with E-state index in [4.69, 9.17) is 0 Å². The van der Waals surface area contributed by atoms with Crippen LogP contribution in [-0.4, -0.2) is 58.8 Å². The Morgan fingerprint density at radius 1 is 1.06 bits per heavy atom. The van der Waals surface area contributed by atoms with Gasteiger partial charge in [0.2, 0.25) is 0 Å². The molecule has 0 atom stereocenters. The van der Waals surface area contributed by atoms with Crippen molar-refractivity contribution < 1.29 is 9.59 Å². The van der Waals surface area contributed by atoms with Crippen molar-refractivity contribution in [2.75, 3.05) is 32.7 Å². The van der Waals surface area contributed by atoms with Crippen molar-refractivity contribution in [2.24, 2.45) is 23.2 Å². The number of carbonyl (C=O) groups excluding carboxylic acids is 2. The van der Waals surface area contributed by atoms with E-state index < -0.39 is 0 Å². The zero-order chi connectivity index (χ0) is 21.7. The van der Waals surface area contributed by atoms with Crippen LogP contribution in [0.3, 0.4) is 0 Å². The van der Waals surface area contributed by atoms with Gasteiger partial charge in [0, 0.05) is 32.4 Å². The minimum atomic E-state index is -0.0679. The van der Waals surface area contributed by atoms with E-state index in [1.165, 1.54) is 38.5 Å².